The van der Waals surface area contributed by atoms with Gasteiger partial charge in [0.1, 0.15) is 5.82 Å². The maximum atomic E-state index is 13.4. The van der Waals surface area contributed by atoms with Crippen molar-refractivity contribution in [3.8, 4) is 6.07 Å². The molecule has 1 aromatic rings. The minimum atomic E-state index is -0.513. The average molecular weight is 225 g/mol. The monoisotopic (exact) mass is 224 g/mol. The predicted octanol–water partition coefficient (Wildman–Crippen LogP) is 3.08. The molecule has 0 heterocycles. The fraction of sp³-hybridized carbons (Fsp3) is 0.182. The lowest BCUT2D eigenvalue weighted by atomic mass is 10.1. The van der Waals surface area contributed by atoms with Gasteiger partial charge in [-0.05, 0) is 24.6 Å². The SMILES string of the molecule is CC/C(C#N)=C(/N)c1ccc(Cl)cc1F. The second-order valence-corrected chi connectivity index (χ2v) is 3.42. The van der Waals surface area contributed by atoms with Gasteiger partial charge in [0.2, 0.25) is 0 Å². The Morgan fingerprint density at radius 2 is 2.27 bits per heavy atom. The molecule has 0 radical (unpaired) electrons. The molecule has 0 unspecified atom stereocenters. The summed E-state index contributed by atoms with van der Waals surface area (Å²) in [5, 5.41) is 9.07. The van der Waals surface area contributed by atoms with Crippen LogP contribution in [0.25, 0.3) is 5.70 Å². The molecular weight excluding hydrogens is 215 g/mol. The molecule has 0 aliphatic carbocycles. The molecule has 78 valence electrons. The number of allylic oxidation sites excluding steroid dienone is 1. The molecule has 0 aromatic heterocycles. The third-order valence-electron chi connectivity index (χ3n) is 2.03. The first-order chi connectivity index (χ1) is 7.10. The van der Waals surface area contributed by atoms with Crippen molar-refractivity contribution < 1.29 is 4.39 Å². The first kappa shape index (κ1) is 11.5. The highest BCUT2D eigenvalue weighted by Gasteiger charge is 2.09. The van der Waals surface area contributed by atoms with Gasteiger partial charge in [0, 0.05) is 10.6 Å². The standard InChI is InChI=1S/C11H10ClFN2/c1-2-7(6-14)11(15)9-4-3-8(12)5-10(9)13/h3-5H,2,15H2,1H3/b11-7-. The van der Waals surface area contributed by atoms with E-state index in [4.69, 9.17) is 22.6 Å². The fourth-order valence-corrected chi connectivity index (χ4v) is 1.36. The lowest BCUT2D eigenvalue weighted by Gasteiger charge is -2.05. The van der Waals surface area contributed by atoms with E-state index < -0.39 is 5.82 Å². The molecule has 0 aliphatic rings. The van der Waals surface area contributed by atoms with Gasteiger partial charge in [-0.1, -0.05) is 18.5 Å². The predicted molar refractivity (Wildman–Crippen MR) is 58.4 cm³/mol. The summed E-state index contributed by atoms with van der Waals surface area (Å²) in [5.41, 5.74) is 6.45. The zero-order chi connectivity index (χ0) is 11.4. The first-order valence-electron chi connectivity index (χ1n) is 4.44. The number of rotatable bonds is 2. The molecule has 0 amide bonds. The van der Waals surface area contributed by atoms with Gasteiger partial charge in [-0.25, -0.2) is 4.39 Å². The molecule has 0 fully saturated rings. The summed E-state index contributed by atoms with van der Waals surface area (Å²) in [7, 11) is 0. The molecule has 2 nitrogen and oxygen atoms in total. The Morgan fingerprint density at radius 1 is 1.60 bits per heavy atom. The molecule has 4 heteroatoms. The van der Waals surface area contributed by atoms with Crippen molar-refractivity contribution in [1.82, 2.24) is 0 Å². The van der Waals surface area contributed by atoms with Crippen LogP contribution in [0.2, 0.25) is 5.02 Å². The van der Waals surface area contributed by atoms with Crippen molar-refractivity contribution >= 4 is 17.3 Å². The van der Waals surface area contributed by atoms with Gasteiger partial charge in [0.15, 0.2) is 0 Å². The highest BCUT2D eigenvalue weighted by Crippen LogP contribution is 2.21. The number of halogens is 2. The highest BCUT2D eigenvalue weighted by molar-refractivity contribution is 6.30. The Kier molecular flexibility index (Phi) is 3.70. The van der Waals surface area contributed by atoms with Crippen LogP contribution in [0.1, 0.15) is 18.9 Å². The molecule has 2 N–H and O–H groups in total. The lowest BCUT2D eigenvalue weighted by molar-refractivity contribution is 0.623. The highest BCUT2D eigenvalue weighted by atomic mass is 35.5. The van der Waals surface area contributed by atoms with Gasteiger partial charge < -0.3 is 5.73 Å². The first-order valence-corrected chi connectivity index (χ1v) is 4.82. The normalized spacial score (nSPS) is 11.9. The maximum Gasteiger partial charge on any atom is 0.134 e. The fourth-order valence-electron chi connectivity index (χ4n) is 1.20. The number of hydrogen-bond donors (Lipinski definition) is 1. The number of nitrogens with zero attached hydrogens (tertiary/aromatic N) is 1. The summed E-state index contributed by atoms with van der Waals surface area (Å²) in [6, 6.07) is 6.13. The molecule has 1 aromatic carbocycles. The van der Waals surface area contributed by atoms with Gasteiger partial charge in [-0.15, -0.1) is 0 Å². The van der Waals surface area contributed by atoms with E-state index in [-0.39, 0.29) is 11.3 Å². The van der Waals surface area contributed by atoms with E-state index in [2.05, 4.69) is 0 Å². The maximum absolute atomic E-state index is 13.4. The molecule has 0 saturated heterocycles. The minimum Gasteiger partial charge on any atom is -0.397 e. The van der Waals surface area contributed by atoms with E-state index in [1.54, 1.807) is 6.92 Å². The largest absolute Gasteiger partial charge is 0.397 e. The Morgan fingerprint density at radius 3 is 2.73 bits per heavy atom. The molecule has 15 heavy (non-hydrogen) atoms. The second kappa shape index (κ2) is 4.81. The summed E-state index contributed by atoms with van der Waals surface area (Å²) < 4.78 is 13.4. The van der Waals surface area contributed by atoms with Crippen molar-refractivity contribution in [2.24, 2.45) is 5.73 Å². The van der Waals surface area contributed by atoms with Crippen molar-refractivity contribution in [2.75, 3.05) is 0 Å². The van der Waals surface area contributed by atoms with Crippen LogP contribution in [-0.2, 0) is 0 Å². The van der Waals surface area contributed by atoms with Crippen LogP contribution >= 0.6 is 11.6 Å². The molecule has 0 aliphatic heterocycles. The molecule has 1 rings (SSSR count). The van der Waals surface area contributed by atoms with Crippen LogP contribution in [-0.4, -0.2) is 0 Å². The molecule has 0 bridgehead atoms. The van der Waals surface area contributed by atoms with E-state index in [9.17, 15) is 4.39 Å². The summed E-state index contributed by atoms with van der Waals surface area (Å²) in [4.78, 5) is 0. The Balaban J connectivity index is 3.29. The zero-order valence-corrected chi connectivity index (χ0v) is 8.98. The molecule has 0 spiro atoms. The van der Waals surface area contributed by atoms with Crippen molar-refractivity contribution in [3.63, 3.8) is 0 Å². The van der Waals surface area contributed by atoms with Crippen molar-refractivity contribution in [2.45, 2.75) is 13.3 Å². The van der Waals surface area contributed by atoms with Crippen molar-refractivity contribution in [1.29, 1.82) is 5.26 Å². The Labute approximate surface area is 92.8 Å². The van der Waals surface area contributed by atoms with E-state index >= 15 is 0 Å². The van der Waals surface area contributed by atoms with Crippen LogP contribution < -0.4 is 5.73 Å². The van der Waals surface area contributed by atoms with E-state index in [1.807, 2.05) is 6.07 Å². The quantitative estimate of drug-likeness (QED) is 0.785. The number of nitriles is 1. The number of benzene rings is 1. The third-order valence-corrected chi connectivity index (χ3v) is 2.27. The average Bonchev–Trinajstić information content (AvgIpc) is 2.19. The Bertz CT molecular complexity index is 446. The van der Waals surface area contributed by atoms with Crippen molar-refractivity contribution in [3.05, 3.63) is 40.2 Å². The second-order valence-electron chi connectivity index (χ2n) is 2.98. The van der Waals surface area contributed by atoms with Crippen LogP contribution in [0.3, 0.4) is 0 Å². The van der Waals surface area contributed by atoms with Crippen LogP contribution in [0.15, 0.2) is 23.8 Å². The summed E-state index contributed by atoms with van der Waals surface area (Å²) in [5.74, 6) is -0.513. The van der Waals surface area contributed by atoms with Crippen LogP contribution in [0.5, 0.6) is 0 Å². The topological polar surface area (TPSA) is 49.8 Å². The number of hydrogen-bond acceptors (Lipinski definition) is 2. The lowest BCUT2D eigenvalue weighted by Crippen LogP contribution is -2.03. The van der Waals surface area contributed by atoms with Gasteiger partial charge >= 0.3 is 0 Å². The van der Waals surface area contributed by atoms with Gasteiger partial charge in [0.25, 0.3) is 0 Å². The smallest absolute Gasteiger partial charge is 0.134 e. The van der Waals surface area contributed by atoms with E-state index in [1.165, 1.54) is 18.2 Å². The Hall–Kier alpha value is -1.53. The summed E-state index contributed by atoms with van der Waals surface area (Å²) >= 11 is 5.61. The minimum absolute atomic E-state index is 0.175. The van der Waals surface area contributed by atoms with E-state index in [0.717, 1.165) is 0 Å². The van der Waals surface area contributed by atoms with Gasteiger partial charge in [-0.3, -0.25) is 0 Å². The van der Waals surface area contributed by atoms with Gasteiger partial charge in [-0.2, -0.15) is 5.26 Å². The van der Waals surface area contributed by atoms with Gasteiger partial charge in [0.05, 0.1) is 17.3 Å². The van der Waals surface area contributed by atoms with Crippen LogP contribution in [0.4, 0.5) is 4.39 Å². The van der Waals surface area contributed by atoms with E-state index in [0.29, 0.717) is 17.0 Å². The number of nitrogens with two attached hydrogens (primary N) is 1. The third kappa shape index (κ3) is 2.48. The molecule has 0 saturated carbocycles. The zero-order valence-electron chi connectivity index (χ0n) is 8.22. The molecule has 0 atom stereocenters. The summed E-state index contributed by atoms with van der Waals surface area (Å²) in [6.07, 6.45) is 0.477. The summed E-state index contributed by atoms with van der Waals surface area (Å²) in [6.45, 7) is 1.79. The molecular formula is C11H10ClFN2. The van der Waals surface area contributed by atoms with Crippen LogP contribution in [0, 0.1) is 17.1 Å².